The SMILES string of the molecule is CCO[SiH](CC(CC)N(C)C)OCC. The summed E-state index contributed by atoms with van der Waals surface area (Å²) in [4.78, 5) is 2.26. The van der Waals surface area contributed by atoms with Crippen molar-refractivity contribution in [1.82, 2.24) is 4.90 Å². The highest BCUT2D eigenvalue weighted by molar-refractivity contribution is 6.44. The highest BCUT2D eigenvalue weighted by Gasteiger charge is 2.19. The Morgan fingerprint density at radius 3 is 1.86 bits per heavy atom. The summed E-state index contributed by atoms with van der Waals surface area (Å²) in [7, 11) is 2.84. The topological polar surface area (TPSA) is 21.7 Å². The van der Waals surface area contributed by atoms with Gasteiger partial charge in [0, 0.05) is 25.3 Å². The van der Waals surface area contributed by atoms with Gasteiger partial charge in [0.25, 0.3) is 0 Å². The largest absolute Gasteiger partial charge is 0.397 e. The van der Waals surface area contributed by atoms with E-state index < -0.39 is 9.28 Å². The summed E-state index contributed by atoms with van der Waals surface area (Å²) < 4.78 is 11.3. The summed E-state index contributed by atoms with van der Waals surface area (Å²) in [6.45, 7) is 7.85. The molecule has 0 saturated heterocycles. The van der Waals surface area contributed by atoms with Crippen molar-refractivity contribution in [2.45, 2.75) is 39.3 Å². The van der Waals surface area contributed by atoms with Gasteiger partial charge in [0.2, 0.25) is 0 Å². The Balaban J connectivity index is 3.96. The predicted octanol–water partition coefficient (Wildman–Crippen LogP) is 1.62. The van der Waals surface area contributed by atoms with Crippen LogP contribution in [0.2, 0.25) is 6.04 Å². The number of nitrogens with zero attached hydrogens (tertiary/aromatic N) is 1. The molecule has 3 nitrogen and oxygen atoms in total. The van der Waals surface area contributed by atoms with Gasteiger partial charge in [-0.05, 0) is 34.4 Å². The first-order valence-corrected chi connectivity index (χ1v) is 7.31. The van der Waals surface area contributed by atoms with Gasteiger partial charge in [-0.2, -0.15) is 0 Å². The van der Waals surface area contributed by atoms with E-state index >= 15 is 0 Å². The zero-order valence-corrected chi connectivity index (χ0v) is 11.4. The van der Waals surface area contributed by atoms with Crippen molar-refractivity contribution in [2.24, 2.45) is 0 Å². The monoisotopic (exact) mass is 219 g/mol. The number of hydrogen-bond donors (Lipinski definition) is 0. The maximum Gasteiger partial charge on any atom is 0.322 e. The highest BCUT2D eigenvalue weighted by Crippen LogP contribution is 2.10. The van der Waals surface area contributed by atoms with Gasteiger partial charge in [0.05, 0.1) is 0 Å². The fourth-order valence-electron chi connectivity index (χ4n) is 1.52. The first-order chi connectivity index (χ1) is 6.65. The molecule has 0 aliphatic heterocycles. The summed E-state index contributed by atoms with van der Waals surface area (Å²) in [5, 5.41) is 0. The Morgan fingerprint density at radius 2 is 1.57 bits per heavy atom. The lowest BCUT2D eigenvalue weighted by Crippen LogP contribution is -2.35. The van der Waals surface area contributed by atoms with Crippen LogP contribution in [-0.2, 0) is 8.85 Å². The van der Waals surface area contributed by atoms with Gasteiger partial charge < -0.3 is 13.8 Å². The Labute approximate surface area is 90.2 Å². The first kappa shape index (κ1) is 14.1. The smallest absolute Gasteiger partial charge is 0.322 e. The fourth-order valence-corrected chi connectivity index (χ4v) is 3.83. The van der Waals surface area contributed by atoms with E-state index in [2.05, 4.69) is 25.9 Å². The molecule has 0 N–H and O–H groups in total. The highest BCUT2D eigenvalue weighted by atomic mass is 28.3. The van der Waals surface area contributed by atoms with Crippen molar-refractivity contribution < 1.29 is 8.85 Å². The van der Waals surface area contributed by atoms with E-state index in [0.717, 1.165) is 25.7 Å². The van der Waals surface area contributed by atoms with E-state index in [9.17, 15) is 0 Å². The molecule has 0 rings (SSSR count). The van der Waals surface area contributed by atoms with Crippen molar-refractivity contribution >= 4 is 9.28 Å². The third-order valence-electron chi connectivity index (χ3n) is 2.37. The minimum Gasteiger partial charge on any atom is -0.397 e. The molecular formula is C10H25NO2Si. The van der Waals surface area contributed by atoms with Crippen LogP contribution >= 0.6 is 0 Å². The standard InChI is InChI=1S/C10H25NO2Si/c1-6-10(11(4)5)9-14(12-7-2)13-8-3/h10,14H,6-9H2,1-5H3. The molecule has 0 amide bonds. The second-order valence-corrected chi connectivity index (χ2v) is 5.60. The van der Waals surface area contributed by atoms with Crippen molar-refractivity contribution in [1.29, 1.82) is 0 Å². The summed E-state index contributed by atoms with van der Waals surface area (Å²) in [5.41, 5.74) is 0. The van der Waals surface area contributed by atoms with E-state index in [1.807, 2.05) is 13.8 Å². The molecule has 0 heterocycles. The minimum atomic E-state index is -1.41. The fraction of sp³-hybridized carbons (Fsp3) is 1.00. The molecular weight excluding hydrogens is 194 g/mol. The Morgan fingerprint density at radius 1 is 1.07 bits per heavy atom. The zero-order valence-electron chi connectivity index (χ0n) is 10.2. The lowest BCUT2D eigenvalue weighted by molar-refractivity contribution is 0.198. The van der Waals surface area contributed by atoms with Gasteiger partial charge in [-0.25, -0.2) is 0 Å². The van der Waals surface area contributed by atoms with E-state index in [-0.39, 0.29) is 0 Å². The van der Waals surface area contributed by atoms with Crippen LogP contribution in [-0.4, -0.2) is 47.5 Å². The second-order valence-electron chi connectivity index (χ2n) is 3.60. The molecule has 0 radical (unpaired) electrons. The molecule has 0 aromatic heterocycles. The molecule has 0 aromatic rings. The molecule has 14 heavy (non-hydrogen) atoms. The van der Waals surface area contributed by atoms with Gasteiger partial charge in [-0.15, -0.1) is 0 Å². The van der Waals surface area contributed by atoms with Gasteiger partial charge >= 0.3 is 9.28 Å². The molecule has 86 valence electrons. The molecule has 0 fully saturated rings. The van der Waals surface area contributed by atoms with E-state index in [0.29, 0.717) is 6.04 Å². The molecule has 1 atom stereocenters. The molecule has 4 heteroatoms. The summed E-state index contributed by atoms with van der Waals surface area (Å²) >= 11 is 0. The molecule has 0 aliphatic rings. The minimum absolute atomic E-state index is 0.602. The molecule has 0 bridgehead atoms. The zero-order chi connectivity index (χ0) is 11.0. The van der Waals surface area contributed by atoms with Crippen molar-refractivity contribution in [2.75, 3.05) is 27.3 Å². The van der Waals surface area contributed by atoms with Crippen LogP contribution in [0.5, 0.6) is 0 Å². The van der Waals surface area contributed by atoms with Crippen LogP contribution in [0.3, 0.4) is 0 Å². The Kier molecular flexibility index (Phi) is 8.47. The van der Waals surface area contributed by atoms with Gasteiger partial charge in [0.1, 0.15) is 0 Å². The van der Waals surface area contributed by atoms with Crippen LogP contribution in [0.4, 0.5) is 0 Å². The third-order valence-corrected chi connectivity index (χ3v) is 4.71. The van der Waals surface area contributed by atoms with E-state index in [1.54, 1.807) is 0 Å². The third kappa shape index (κ3) is 5.75. The molecule has 0 aliphatic carbocycles. The van der Waals surface area contributed by atoms with Crippen LogP contribution in [0.1, 0.15) is 27.2 Å². The molecule has 0 spiro atoms. The quantitative estimate of drug-likeness (QED) is 0.579. The molecule has 0 saturated carbocycles. The number of hydrogen-bond acceptors (Lipinski definition) is 3. The Bertz CT molecular complexity index is 127. The predicted molar refractivity (Wildman–Crippen MR) is 63.0 cm³/mol. The van der Waals surface area contributed by atoms with Gasteiger partial charge in [0.15, 0.2) is 0 Å². The number of rotatable bonds is 8. The summed E-state index contributed by atoms with van der Waals surface area (Å²) in [5.74, 6) is 0. The first-order valence-electron chi connectivity index (χ1n) is 5.55. The normalized spacial score (nSPS) is 13.9. The Hall–Kier alpha value is 0.0969. The van der Waals surface area contributed by atoms with Crippen molar-refractivity contribution in [3.8, 4) is 0 Å². The van der Waals surface area contributed by atoms with E-state index in [1.165, 1.54) is 0 Å². The maximum absolute atomic E-state index is 5.65. The van der Waals surface area contributed by atoms with Crippen LogP contribution in [0.15, 0.2) is 0 Å². The van der Waals surface area contributed by atoms with Gasteiger partial charge in [-0.3, -0.25) is 0 Å². The lowest BCUT2D eigenvalue weighted by atomic mass is 10.2. The van der Waals surface area contributed by atoms with Crippen LogP contribution in [0.25, 0.3) is 0 Å². The molecule has 0 aromatic carbocycles. The van der Waals surface area contributed by atoms with E-state index in [4.69, 9.17) is 8.85 Å². The average Bonchev–Trinajstić information content (AvgIpc) is 2.14. The summed E-state index contributed by atoms with van der Waals surface area (Å²) in [6.07, 6.45) is 1.16. The average molecular weight is 219 g/mol. The van der Waals surface area contributed by atoms with Crippen LogP contribution in [0, 0.1) is 0 Å². The van der Waals surface area contributed by atoms with Crippen LogP contribution < -0.4 is 0 Å². The molecule has 1 unspecified atom stereocenters. The maximum atomic E-state index is 5.65. The van der Waals surface area contributed by atoms with Crippen molar-refractivity contribution in [3.05, 3.63) is 0 Å². The lowest BCUT2D eigenvalue weighted by Gasteiger charge is -2.26. The van der Waals surface area contributed by atoms with Gasteiger partial charge in [-0.1, -0.05) is 6.92 Å². The summed E-state index contributed by atoms with van der Waals surface area (Å²) in [6, 6.07) is 1.69. The second kappa shape index (κ2) is 8.41. The van der Waals surface area contributed by atoms with Crippen molar-refractivity contribution in [3.63, 3.8) is 0 Å².